The van der Waals surface area contributed by atoms with Gasteiger partial charge in [0.15, 0.2) is 6.10 Å². The lowest BCUT2D eigenvalue weighted by Gasteiger charge is -2.31. The topological polar surface area (TPSA) is 45.5 Å². The van der Waals surface area contributed by atoms with Gasteiger partial charge in [0.1, 0.15) is 0 Å². The maximum absolute atomic E-state index is 8.67. The molecule has 0 aromatic rings. The van der Waals surface area contributed by atoms with E-state index in [1.165, 1.54) is 0 Å². The zero-order valence-corrected chi connectivity index (χ0v) is 8.19. The van der Waals surface area contributed by atoms with Crippen LogP contribution in [0.3, 0.4) is 0 Å². The van der Waals surface area contributed by atoms with E-state index in [9.17, 15) is 0 Å². The van der Waals surface area contributed by atoms with Gasteiger partial charge in [-0.1, -0.05) is 0 Å². The number of rotatable bonds is 3. The van der Waals surface area contributed by atoms with Crippen LogP contribution in [-0.2, 0) is 9.47 Å². The van der Waals surface area contributed by atoms with Crippen molar-refractivity contribution >= 4 is 0 Å². The van der Waals surface area contributed by atoms with Crippen molar-refractivity contribution in [3.8, 4) is 6.07 Å². The molecule has 4 nitrogen and oxygen atoms in total. The van der Waals surface area contributed by atoms with Crippen LogP contribution in [0, 0.1) is 11.3 Å². The molecule has 0 radical (unpaired) electrons. The van der Waals surface area contributed by atoms with Crippen molar-refractivity contribution in [1.29, 1.82) is 5.26 Å². The minimum absolute atomic E-state index is 0.220. The molecule has 13 heavy (non-hydrogen) atoms. The van der Waals surface area contributed by atoms with Crippen molar-refractivity contribution in [2.45, 2.75) is 19.1 Å². The monoisotopic (exact) mass is 184 g/mol. The molecular formula is C9H16N2O2. The van der Waals surface area contributed by atoms with Crippen LogP contribution in [0.5, 0.6) is 0 Å². The first-order valence-corrected chi connectivity index (χ1v) is 4.52. The van der Waals surface area contributed by atoms with Crippen molar-refractivity contribution < 1.29 is 9.47 Å². The molecule has 1 rings (SSSR count). The Balaban J connectivity index is 2.30. The Morgan fingerprint density at radius 3 is 3.15 bits per heavy atom. The maximum Gasteiger partial charge on any atom is 0.156 e. The van der Waals surface area contributed by atoms with E-state index in [1.54, 1.807) is 7.11 Å². The van der Waals surface area contributed by atoms with Gasteiger partial charge >= 0.3 is 0 Å². The van der Waals surface area contributed by atoms with Gasteiger partial charge in [-0.15, -0.1) is 0 Å². The molecular weight excluding hydrogens is 168 g/mol. The summed E-state index contributed by atoms with van der Waals surface area (Å²) in [6.45, 7) is 5.14. The summed E-state index contributed by atoms with van der Waals surface area (Å²) in [7, 11) is 1.70. The summed E-state index contributed by atoms with van der Waals surface area (Å²) < 4.78 is 10.4. The van der Waals surface area contributed by atoms with Crippen LogP contribution in [0.1, 0.15) is 6.92 Å². The van der Waals surface area contributed by atoms with Crippen molar-refractivity contribution in [1.82, 2.24) is 4.90 Å². The number of hydrogen-bond donors (Lipinski definition) is 0. The number of methoxy groups -OCH3 is 1. The molecule has 1 aliphatic heterocycles. The standard InChI is InChI=1S/C9H16N2O2/c1-8(12-2)6-11-3-4-13-9(5-10)7-11/h8-9H,3-4,6-7H2,1-2H3. The second-order valence-electron chi connectivity index (χ2n) is 3.29. The van der Waals surface area contributed by atoms with Crippen molar-refractivity contribution in [3.05, 3.63) is 0 Å². The van der Waals surface area contributed by atoms with Crippen LogP contribution in [0.2, 0.25) is 0 Å². The van der Waals surface area contributed by atoms with Crippen LogP contribution >= 0.6 is 0 Å². The summed E-state index contributed by atoms with van der Waals surface area (Å²) in [5.41, 5.74) is 0. The van der Waals surface area contributed by atoms with Gasteiger partial charge in [-0.2, -0.15) is 5.26 Å². The predicted octanol–water partition coefficient (Wildman–Crippen LogP) is 0.246. The summed E-state index contributed by atoms with van der Waals surface area (Å²) in [5.74, 6) is 0. The van der Waals surface area contributed by atoms with Gasteiger partial charge < -0.3 is 9.47 Å². The maximum atomic E-state index is 8.67. The Hall–Kier alpha value is -0.630. The number of hydrogen-bond acceptors (Lipinski definition) is 4. The fraction of sp³-hybridized carbons (Fsp3) is 0.889. The molecule has 74 valence electrons. The molecule has 1 aliphatic rings. The van der Waals surface area contributed by atoms with Gasteiger partial charge in [0, 0.05) is 26.7 Å². The number of morpholine rings is 1. The van der Waals surface area contributed by atoms with Crippen LogP contribution < -0.4 is 0 Å². The highest BCUT2D eigenvalue weighted by molar-refractivity contribution is 4.89. The molecule has 1 fully saturated rings. The smallest absolute Gasteiger partial charge is 0.156 e. The largest absolute Gasteiger partial charge is 0.380 e. The van der Waals surface area contributed by atoms with Gasteiger partial charge in [-0.25, -0.2) is 0 Å². The average molecular weight is 184 g/mol. The van der Waals surface area contributed by atoms with Gasteiger partial charge in [0.25, 0.3) is 0 Å². The van der Waals surface area contributed by atoms with Crippen molar-refractivity contribution in [2.75, 3.05) is 33.4 Å². The van der Waals surface area contributed by atoms with Gasteiger partial charge in [-0.05, 0) is 6.92 Å². The molecule has 0 spiro atoms. The molecule has 2 atom stereocenters. The molecule has 0 saturated carbocycles. The molecule has 0 bridgehead atoms. The molecule has 1 saturated heterocycles. The summed E-state index contributed by atoms with van der Waals surface area (Å²) in [6, 6.07) is 2.12. The lowest BCUT2D eigenvalue weighted by atomic mass is 10.2. The summed E-state index contributed by atoms with van der Waals surface area (Å²) in [4.78, 5) is 2.20. The van der Waals surface area contributed by atoms with Crippen LogP contribution in [0.4, 0.5) is 0 Å². The van der Waals surface area contributed by atoms with Crippen molar-refractivity contribution in [3.63, 3.8) is 0 Å². The van der Waals surface area contributed by atoms with E-state index in [-0.39, 0.29) is 12.2 Å². The highest BCUT2D eigenvalue weighted by Gasteiger charge is 2.20. The van der Waals surface area contributed by atoms with Crippen LogP contribution in [-0.4, -0.2) is 50.5 Å². The minimum atomic E-state index is -0.266. The normalized spacial score (nSPS) is 26.7. The molecule has 0 N–H and O–H groups in total. The zero-order valence-electron chi connectivity index (χ0n) is 8.19. The third-order valence-electron chi connectivity index (χ3n) is 2.21. The van der Waals surface area contributed by atoms with Gasteiger partial charge in [-0.3, -0.25) is 4.90 Å². The number of nitriles is 1. The first-order chi connectivity index (χ1) is 6.26. The van der Waals surface area contributed by atoms with E-state index < -0.39 is 0 Å². The van der Waals surface area contributed by atoms with Crippen molar-refractivity contribution in [2.24, 2.45) is 0 Å². The van der Waals surface area contributed by atoms with E-state index in [0.717, 1.165) is 13.1 Å². The summed E-state index contributed by atoms with van der Waals surface area (Å²) in [6.07, 6.45) is -0.0461. The van der Waals surface area contributed by atoms with E-state index in [4.69, 9.17) is 14.7 Å². The van der Waals surface area contributed by atoms with E-state index in [2.05, 4.69) is 11.0 Å². The molecule has 1 heterocycles. The fourth-order valence-electron chi connectivity index (χ4n) is 1.38. The second-order valence-corrected chi connectivity index (χ2v) is 3.29. The number of ether oxygens (including phenoxy) is 2. The Kier molecular flexibility index (Phi) is 4.16. The first kappa shape index (κ1) is 10.5. The van der Waals surface area contributed by atoms with Gasteiger partial charge in [0.05, 0.1) is 18.8 Å². The third kappa shape index (κ3) is 3.31. The SMILES string of the molecule is COC(C)CN1CCOC(C#N)C1. The summed E-state index contributed by atoms with van der Waals surface area (Å²) >= 11 is 0. The molecule has 0 amide bonds. The second kappa shape index (κ2) is 5.18. The third-order valence-corrected chi connectivity index (χ3v) is 2.21. The highest BCUT2D eigenvalue weighted by Crippen LogP contribution is 2.05. The molecule has 0 aliphatic carbocycles. The average Bonchev–Trinajstić information content (AvgIpc) is 2.18. The molecule has 0 aromatic heterocycles. The number of nitrogens with zero attached hydrogens (tertiary/aromatic N) is 2. The molecule has 0 aromatic carbocycles. The Bertz CT molecular complexity index is 191. The van der Waals surface area contributed by atoms with Gasteiger partial charge in [0.2, 0.25) is 0 Å². The molecule has 4 heteroatoms. The Morgan fingerprint density at radius 2 is 2.54 bits per heavy atom. The fourth-order valence-corrected chi connectivity index (χ4v) is 1.38. The minimum Gasteiger partial charge on any atom is -0.380 e. The Morgan fingerprint density at radius 1 is 1.77 bits per heavy atom. The Labute approximate surface area is 79.0 Å². The zero-order chi connectivity index (χ0) is 9.68. The quantitative estimate of drug-likeness (QED) is 0.630. The van der Waals surface area contributed by atoms with E-state index in [1.807, 2.05) is 6.92 Å². The van der Waals surface area contributed by atoms with E-state index >= 15 is 0 Å². The van der Waals surface area contributed by atoms with E-state index in [0.29, 0.717) is 13.2 Å². The summed E-state index contributed by atoms with van der Waals surface area (Å²) in [5, 5.41) is 8.67. The predicted molar refractivity (Wildman–Crippen MR) is 48.3 cm³/mol. The molecule has 2 unspecified atom stereocenters. The lowest BCUT2D eigenvalue weighted by Crippen LogP contribution is -2.44. The first-order valence-electron chi connectivity index (χ1n) is 4.52. The lowest BCUT2D eigenvalue weighted by molar-refractivity contribution is -0.0195. The highest BCUT2D eigenvalue weighted by atomic mass is 16.5. The van der Waals surface area contributed by atoms with Crippen LogP contribution in [0.25, 0.3) is 0 Å². The van der Waals surface area contributed by atoms with Crippen LogP contribution in [0.15, 0.2) is 0 Å².